The number of aromatic nitrogens is 2. The number of para-hydroxylation sites is 2. The zero-order valence-electron chi connectivity index (χ0n) is 23.2. The first-order chi connectivity index (χ1) is 19.9. The van der Waals surface area contributed by atoms with E-state index in [1.54, 1.807) is 11.5 Å². The van der Waals surface area contributed by atoms with E-state index < -0.39 is 0 Å². The maximum atomic E-state index is 13.1. The number of rotatable bonds is 9. The van der Waals surface area contributed by atoms with Crippen LogP contribution < -0.4 is 24.3 Å². The molecule has 0 spiro atoms. The van der Waals surface area contributed by atoms with Crippen LogP contribution >= 0.6 is 11.3 Å². The maximum Gasteiger partial charge on any atom is 0.274 e. The van der Waals surface area contributed by atoms with E-state index in [0.29, 0.717) is 34.2 Å². The van der Waals surface area contributed by atoms with Crippen LogP contribution in [0, 0.1) is 0 Å². The third kappa shape index (κ3) is 5.28. The molecule has 6 nitrogen and oxygen atoms in total. The van der Waals surface area contributed by atoms with E-state index in [2.05, 4.69) is 55.2 Å². The van der Waals surface area contributed by atoms with Crippen LogP contribution in [0.25, 0.3) is 22.1 Å². The number of methoxy groups -OCH3 is 1. The van der Waals surface area contributed by atoms with E-state index in [9.17, 15) is 4.79 Å². The van der Waals surface area contributed by atoms with E-state index in [-0.39, 0.29) is 11.0 Å². The van der Waals surface area contributed by atoms with Crippen LogP contribution in [0.4, 0.5) is 0 Å². The van der Waals surface area contributed by atoms with Gasteiger partial charge in [-0.2, -0.15) is 0 Å². The maximum absolute atomic E-state index is 13.1. The van der Waals surface area contributed by atoms with Gasteiger partial charge in [-0.3, -0.25) is 4.79 Å². The molecule has 0 saturated carbocycles. The zero-order chi connectivity index (χ0) is 28.4. The molecule has 0 N–H and O–H groups in total. The second-order valence-corrected chi connectivity index (χ2v) is 11.3. The second kappa shape index (κ2) is 11.1. The number of thiazole rings is 1. The standard InChI is InChI=1S/C34H30N2O4S/c1-34(2,24-9-5-4-6-10-24)25-14-16-26(17-15-25)39-19-20-40-29-18-13-23(21-30(29)38-3)22-31-32(37)36-28-12-8-7-11-27(28)35-33(36)41-31/h4-18,21-22H,19-20H2,1-3H3. The van der Waals surface area contributed by atoms with Gasteiger partial charge in [0.15, 0.2) is 16.5 Å². The van der Waals surface area contributed by atoms with E-state index in [4.69, 9.17) is 14.2 Å². The largest absolute Gasteiger partial charge is 0.493 e. The number of benzene rings is 4. The van der Waals surface area contributed by atoms with Crippen molar-refractivity contribution in [3.05, 3.63) is 129 Å². The van der Waals surface area contributed by atoms with Crippen LogP contribution in [0.15, 0.2) is 102 Å². The Bertz CT molecular complexity index is 1930. The Morgan fingerprint density at radius 3 is 2.32 bits per heavy atom. The van der Waals surface area contributed by atoms with Crippen molar-refractivity contribution < 1.29 is 14.2 Å². The number of imidazole rings is 1. The van der Waals surface area contributed by atoms with Gasteiger partial charge in [-0.1, -0.05) is 85.8 Å². The van der Waals surface area contributed by atoms with Crippen molar-refractivity contribution in [1.82, 2.24) is 9.38 Å². The fourth-order valence-corrected chi connectivity index (χ4v) is 5.94. The second-order valence-electron chi connectivity index (χ2n) is 10.3. The van der Waals surface area contributed by atoms with Crippen molar-refractivity contribution in [2.45, 2.75) is 19.3 Å². The van der Waals surface area contributed by atoms with Crippen molar-refractivity contribution in [3.63, 3.8) is 0 Å². The van der Waals surface area contributed by atoms with Gasteiger partial charge in [0.25, 0.3) is 5.56 Å². The predicted octanol–water partition coefficient (Wildman–Crippen LogP) is 6.25. The average molecular weight is 563 g/mol. The minimum atomic E-state index is -0.0958. The number of fused-ring (bicyclic) bond motifs is 3. The van der Waals surface area contributed by atoms with Crippen molar-refractivity contribution in [2.24, 2.45) is 0 Å². The lowest BCUT2D eigenvalue weighted by molar-refractivity contribution is 0.211. The summed E-state index contributed by atoms with van der Waals surface area (Å²) in [6.45, 7) is 5.20. The molecule has 0 aliphatic heterocycles. The number of ether oxygens (including phenoxy) is 3. The summed E-state index contributed by atoms with van der Waals surface area (Å²) in [4.78, 5) is 18.4. The Labute approximate surface area is 242 Å². The summed E-state index contributed by atoms with van der Waals surface area (Å²) in [6.07, 6.45) is 1.86. The van der Waals surface area contributed by atoms with Gasteiger partial charge < -0.3 is 14.2 Å². The molecule has 0 saturated heterocycles. The summed E-state index contributed by atoms with van der Waals surface area (Å²) in [5.41, 5.74) is 4.80. The minimum Gasteiger partial charge on any atom is -0.493 e. The van der Waals surface area contributed by atoms with Crippen LogP contribution in [0.5, 0.6) is 17.2 Å². The molecule has 0 radical (unpaired) electrons. The quantitative estimate of drug-likeness (QED) is 0.195. The SMILES string of the molecule is COc1cc(C=c2sc3nc4ccccc4n3c2=O)ccc1OCCOc1ccc(C(C)(C)c2ccccc2)cc1. The highest BCUT2D eigenvalue weighted by atomic mass is 32.1. The molecule has 2 heterocycles. The van der Waals surface area contributed by atoms with E-state index in [1.807, 2.05) is 66.7 Å². The fourth-order valence-electron chi connectivity index (χ4n) is 4.96. The van der Waals surface area contributed by atoms with E-state index in [1.165, 1.54) is 22.5 Å². The van der Waals surface area contributed by atoms with Crippen LogP contribution in [-0.4, -0.2) is 29.7 Å². The zero-order valence-corrected chi connectivity index (χ0v) is 24.0. The molecule has 0 fully saturated rings. The minimum absolute atomic E-state index is 0.0770. The Morgan fingerprint density at radius 1 is 0.829 bits per heavy atom. The van der Waals surface area contributed by atoms with Gasteiger partial charge >= 0.3 is 0 Å². The number of nitrogens with zero attached hydrogens (tertiary/aromatic N) is 2. The van der Waals surface area contributed by atoms with Gasteiger partial charge in [0.1, 0.15) is 19.0 Å². The van der Waals surface area contributed by atoms with Crippen molar-refractivity contribution in [2.75, 3.05) is 20.3 Å². The van der Waals surface area contributed by atoms with Gasteiger partial charge in [0.2, 0.25) is 0 Å². The molecule has 206 valence electrons. The van der Waals surface area contributed by atoms with Crippen molar-refractivity contribution in [1.29, 1.82) is 0 Å². The molecule has 0 bridgehead atoms. The third-order valence-corrected chi connectivity index (χ3v) is 8.28. The summed E-state index contributed by atoms with van der Waals surface area (Å²) < 4.78 is 19.7. The molecular formula is C34H30N2O4S. The molecule has 41 heavy (non-hydrogen) atoms. The molecule has 2 aromatic heterocycles. The molecule has 0 aliphatic rings. The topological polar surface area (TPSA) is 62.1 Å². The first-order valence-electron chi connectivity index (χ1n) is 13.5. The van der Waals surface area contributed by atoms with Gasteiger partial charge in [0, 0.05) is 5.41 Å². The molecule has 0 aliphatic carbocycles. The van der Waals surface area contributed by atoms with E-state index >= 15 is 0 Å². The lowest BCUT2D eigenvalue weighted by Gasteiger charge is -2.26. The number of hydrogen-bond donors (Lipinski definition) is 0. The average Bonchev–Trinajstić information content (AvgIpc) is 3.52. The summed E-state index contributed by atoms with van der Waals surface area (Å²) >= 11 is 1.37. The molecule has 4 aromatic carbocycles. The first kappa shape index (κ1) is 26.6. The highest BCUT2D eigenvalue weighted by Crippen LogP contribution is 2.32. The summed E-state index contributed by atoms with van der Waals surface area (Å²) in [6, 6.07) is 32.0. The Hall–Kier alpha value is -4.62. The van der Waals surface area contributed by atoms with Crippen LogP contribution in [-0.2, 0) is 5.41 Å². The van der Waals surface area contributed by atoms with Crippen LogP contribution in [0.1, 0.15) is 30.5 Å². The van der Waals surface area contributed by atoms with Crippen LogP contribution in [0.3, 0.4) is 0 Å². The predicted molar refractivity (Wildman–Crippen MR) is 165 cm³/mol. The summed E-state index contributed by atoms with van der Waals surface area (Å²) in [7, 11) is 1.60. The van der Waals surface area contributed by atoms with Crippen molar-refractivity contribution >= 4 is 33.4 Å². The molecule has 6 rings (SSSR count). The summed E-state index contributed by atoms with van der Waals surface area (Å²) in [5.74, 6) is 2.00. The Balaban J connectivity index is 1.10. The fraction of sp³-hybridized carbons (Fsp3) is 0.176. The molecule has 7 heteroatoms. The van der Waals surface area contributed by atoms with E-state index in [0.717, 1.165) is 22.3 Å². The Morgan fingerprint density at radius 2 is 1.54 bits per heavy atom. The molecule has 0 amide bonds. The van der Waals surface area contributed by atoms with Gasteiger partial charge in [0.05, 0.1) is 22.7 Å². The number of hydrogen-bond acceptors (Lipinski definition) is 6. The lowest BCUT2D eigenvalue weighted by Crippen LogP contribution is -2.22. The molecule has 0 atom stereocenters. The van der Waals surface area contributed by atoms with Crippen LogP contribution in [0.2, 0.25) is 0 Å². The lowest BCUT2D eigenvalue weighted by atomic mass is 9.78. The first-order valence-corrected chi connectivity index (χ1v) is 14.3. The third-order valence-electron chi connectivity index (χ3n) is 7.31. The van der Waals surface area contributed by atoms with Gasteiger partial charge in [-0.05, 0) is 59.2 Å². The summed E-state index contributed by atoms with van der Waals surface area (Å²) in [5, 5.41) is 0. The molecule has 0 unspecified atom stereocenters. The van der Waals surface area contributed by atoms with Gasteiger partial charge in [-0.25, -0.2) is 9.38 Å². The highest BCUT2D eigenvalue weighted by Gasteiger charge is 2.22. The smallest absolute Gasteiger partial charge is 0.274 e. The molecule has 6 aromatic rings. The highest BCUT2D eigenvalue weighted by molar-refractivity contribution is 7.15. The van der Waals surface area contributed by atoms with Crippen molar-refractivity contribution in [3.8, 4) is 17.2 Å². The molecular weight excluding hydrogens is 532 g/mol. The normalized spacial score (nSPS) is 12.2. The monoisotopic (exact) mass is 562 g/mol. The van der Waals surface area contributed by atoms with Gasteiger partial charge in [-0.15, -0.1) is 0 Å². The Kier molecular flexibility index (Phi) is 7.20.